The number of nitrogens with zero attached hydrogens (tertiary/aromatic N) is 1. The van der Waals surface area contributed by atoms with E-state index in [2.05, 4.69) is 15.6 Å². The Labute approximate surface area is 127 Å². The van der Waals surface area contributed by atoms with E-state index in [0.717, 1.165) is 17.9 Å². The molecule has 1 rings (SSSR count). The van der Waals surface area contributed by atoms with Crippen molar-refractivity contribution >= 4 is 5.91 Å². The molecule has 1 aromatic heterocycles. The Morgan fingerprint density at radius 2 is 2.05 bits per heavy atom. The summed E-state index contributed by atoms with van der Waals surface area (Å²) < 4.78 is 5.79. The SMILES string of the molecule is CCNCc1nc(C)ccc1OC(C)C(=O)NC(C)(C)C. The maximum absolute atomic E-state index is 12.1. The molecule has 1 unspecified atom stereocenters. The van der Waals surface area contributed by atoms with E-state index in [9.17, 15) is 4.79 Å². The van der Waals surface area contributed by atoms with Crippen LogP contribution in [0.1, 0.15) is 46.0 Å². The van der Waals surface area contributed by atoms with Gasteiger partial charge in [0.15, 0.2) is 6.10 Å². The zero-order valence-corrected chi connectivity index (χ0v) is 13.9. The number of aryl methyl sites for hydroxylation is 1. The zero-order chi connectivity index (χ0) is 16.0. The predicted octanol–water partition coefficient (Wildman–Crippen LogP) is 2.18. The molecule has 2 N–H and O–H groups in total. The van der Waals surface area contributed by atoms with Crippen LogP contribution >= 0.6 is 0 Å². The third-order valence-electron chi connectivity index (χ3n) is 2.79. The molecule has 0 saturated heterocycles. The Hall–Kier alpha value is -1.62. The normalized spacial score (nSPS) is 12.9. The molecule has 5 heteroatoms. The Morgan fingerprint density at radius 1 is 1.38 bits per heavy atom. The quantitative estimate of drug-likeness (QED) is 0.844. The summed E-state index contributed by atoms with van der Waals surface area (Å²) in [5.74, 6) is 0.524. The molecule has 5 nitrogen and oxygen atoms in total. The van der Waals surface area contributed by atoms with Crippen molar-refractivity contribution in [2.75, 3.05) is 6.54 Å². The van der Waals surface area contributed by atoms with Crippen LogP contribution in [0.15, 0.2) is 12.1 Å². The van der Waals surface area contributed by atoms with E-state index in [1.54, 1.807) is 6.92 Å². The van der Waals surface area contributed by atoms with Gasteiger partial charge in [-0.05, 0) is 53.3 Å². The monoisotopic (exact) mass is 293 g/mol. The Morgan fingerprint density at radius 3 is 2.62 bits per heavy atom. The highest BCUT2D eigenvalue weighted by Crippen LogP contribution is 2.18. The fourth-order valence-electron chi connectivity index (χ4n) is 1.79. The number of pyridine rings is 1. The van der Waals surface area contributed by atoms with E-state index in [1.807, 2.05) is 46.8 Å². The largest absolute Gasteiger partial charge is 0.479 e. The highest BCUT2D eigenvalue weighted by molar-refractivity contribution is 5.81. The number of hydrogen-bond acceptors (Lipinski definition) is 4. The number of nitrogens with one attached hydrogen (secondary N) is 2. The summed E-state index contributed by atoms with van der Waals surface area (Å²) in [4.78, 5) is 16.6. The molecule has 0 radical (unpaired) electrons. The molecule has 0 spiro atoms. The van der Waals surface area contributed by atoms with Crippen LogP contribution in [0.2, 0.25) is 0 Å². The van der Waals surface area contributed by atoms with Crippen LogP contribution in [0.25, 0.3) is 0 Å². The van der Waals surface area contributed by atoms with Crippen LogP contribution in [0.4, 0.5) is 0 Å². The average Bonchev–Trinajstić information content (AvgIpc) is 2.36. The lowest BCUT2D eigenvalue weighted by Crippen LogP contribution is -2.46. The van der Waals surface area contributed by atoms with Gasteiger partial charge in [0.05, 0.1) is 5.69 Å². The molecule has 0 aromatic carbocycles. The molecule has 1 heterocycles. The molecule has 0 aliphatic rings. The Bertz CT molecular complexity index is 481. The molecule has 1 aromatic rings. The van der Waals surface area contributed by atoms with Crippen LogP contribution in [0, 0.1) is 6.92 Å². The van der Waals surface area contributed by atoms with E-state index in [4.69, 9.17) is 4.74 Å². The first-order chi connectivity index (χ1) is 9.73. The van der Waals surface area contributed by atoms with E-state index in [0.29, 0.717) is 12.3 Å². The van der Waals surface area contributed by atoms with Gasteiger partial charge in [-0.1, -0.05) is 6.92 Å². The molecule has 21 heavy (non-hydrogen) atoms. The van der Waals surface area contributed by atoms with Gasteiger partial charge >= 0.3 is 0 Å². The smallest absolute Gasteiger partial charge is 0.261 e. The molecular formula is C16H27N3O2. The number of amides is 1. The molecule has 0 fully saturated rings. The van der Waals surface area contributed by atoms with Crippen LogP contribution in [-0.2, 0) is 11.3 Å². The lowest BCUT2D eigenvalue weighted by atomic mass is 10.1. The predicted molar refractivity (Wildman–Crippen MR) is 84.3 cm³/mol. The average molecular weight is 293 g/mol. The van der Waals surface area contributed by atoms with Gasteiger partial charge in [0.2, 0.25) is 0 Å². The van der Waals surface area contributed by atoms with E-state index in [-0.39, 0.29) is 11.4 Å². The lowest BCUT2D eigenvalue weighted by Gasteiger charge is -2.24. The summed E-state index contributed by atoms with van der Waals surface area (Å²) in [6.07, 6.45) is -0.561. The first kappa shape index (κ1) is 17.4. The lowest BCUT2D eigenvalue weighted by molar-refractivity contribution is -0.128. The van der Waals surface area contributed by atoms with Gasteiger partial charge in [0.25, 0.3) is 5.91 Å². The first-order valence-corrected chi connectivity index (χ1v) is 7.39. The molecular weight excluding hydrogens is 266 g/mol. The van der Waals surface area contributed by atoms with Gasteiger partial charge in [-0.25, -0.2) is 0 Å². The fourth-order valence-corrected chi connectivity index (χ4v) is 1.79. The van der Waals surface area contributed by atoms with Gasteiger partial charge in [-0.2, -0.15) is 0 Å². The maximum atomic E-state index is 12.1. The number of carbonyl (C=O) groups excluding carboxylic acids is 1. The van der Waals surface area contributed by atoms with Crippen LogP contribution < -0.4 is 15.4 Å². The van der Waals surface area contributed by atoms with Crippen molar-refractivity contribution in [3.8, 4) is 5.75 Å². The second-order valence-electron chi connectivity index (χ2n) is 6.18. The minimum atomic E-state index is -0.561. The number of hydrogen-bond donors (Lipinski definition) is 2. The summed E-state index contributed by atoms with van der Waals surface area (Å²) >= 11 is 0. The topological polar surface area (TPSA) is 63.3 Å². The van der Waals surface area contributed by atoms with Gasteiger partial charge in [0.1, 0.15) is 5.75 Å². The van der Waals surface area contributed by atoms with Crippen molar-refractivity contribution in [2.45, 2.75) is 59.7 Å². The van der Waals surface area contributed by atoms with Crippen LogP contribution in [-0.4, -0.2) is 29.1 Å². The molecule has 1 atom stereocenters. The van der Waals surface area contributed by atoms with Gasteiger partial charge in [0, 0.05) is 17.8 Å². The van der Waals surface area contributed by atoms with Crippen LogP contribution in [0.3, 0.4) is 0 Å². The second-order valence-corrected chi connectivity index (χ2v) is 6.18. The fraction of sp³-hybridized carbons (Fsp3) is 0.625. The van der Waals surface area contributed by atoms with Gasteiger partial charge in [-0.15, -0.1) is 0 Å². The summed E-state index contributed by atoms with van der Waals surface area (Å²) in [7, 11) is 0. The highest BCUT2D eigenvalue weighted by Gasteiger charge is 2.21. The third-order valence-corrected chi connectivity index (χ3v) is 2.79. The first-order valence-electron chi connectivity index (χ1n) is 7.39. The van der Waals surface area contributed by atoms with Gasteiger partial charge in [-0.3, -0.25) is 9.78 Å². The minimum absolute atomic E-state index is 0.127. The molecule has 0 aliphatic carbocycles. The number of ether oxygens (including phenoxy) is 1. The van der Waals surface area contributed by atoms with Crippen molar-refractivity contribution in [3.63, 3.8) is 0 Å². The minimum Gasteiger partial charge on any atom is -0.479 e. The number of aromatic nitrogens is 1. The van der Waals surface area contributed by atoms with Crippen molar-refractivity contribution < 1.29 is 9.53 Å². The van der Waals surface area contributed by atoms with Crippen LogP contribution in [0.5, 0.6) is 5.75 Å². The summed E-state index contributed by atoms with van der Waals surface area (Å²) in [6, 6.07) is 3.76. The van der Waals surface area contributed by atoms with Crippen molar-refractivity contribution in [2.24, 2.45) is 0 Å². The molecule has 118 valence electrons. The molecule has 1 amide bonds. The standard InChI is InChI=1S/C16H27N3O2/c1-7-17-10-13-14(9-8-11(2)18-13)21-12(3)15(20)19-16(4,5)6/h8-9,12,17H,7,10H2,1-6H3,(H,19,20). The molecule has 0 bridgehead atoms. The Balaban J connectivity index is 2.79. The van der Waals surface area contributed by atoms with Crippen molar-refractivity contribution in [1.82, 2.24) is 15.6 Å². The molecule has 0 saturated carbocycles. The van der Waals surface area contributed by atoms with Crippen molar-refractivity contribution in [3.05, 3.63) is 23.5 Å². The highest BCUT2D eigenvalue weighted by atomic mass is 16.5. The molecule has 0 aliphatic heterocycles. The van der Waals surface area contributed by atoms with E-state index in [1.165, 1.54) is 0 Å². The number of carbonyl (C=O) groups is 1. The number of rotatable bonds is 6. The maximum Gasteiger partial charge on any atom is 0.261 e. The Kier molecular flexibility index (Phi) is 6.15. The summed E-state index contributed by atoms with van der Waals surface area (Å²) in [5.41, 5.74) is 1.49. The van der Waals surface area contributed by atoms with E-state index < -0.39 is 6.10 Å². The van der Waals surface area contributed by atoms with Gasteiger partial charge < -0.3 is 15.4 Å². The second kappa shape index (κ2) is 7.41. The van der Waals surface area contributed by atoms with Crippen molar-refractivity contribution in [1.29, 1.82) is 0 Å². The van der Waals surface area contributed by atoms with E-state index >= 15 is 0 Å². The summed E-state index contributed by atoms with van der Waals surface area (Å²) in [5, 5.41) is 6.14. The summed E-state index contributed by atoms with van der Waals surface area (Å²) in [6.45, 7) is 13.0. The zero-order valence-electron chi connectivity index (χ0n) is 13.9. The third kappa shape index (κ3) is 6.12.